The van der Waals surface area contributed by atoms with Crippen molar-refractivity contribution < 1.29 is 4.92 Å². The summed E-state index contributed by atoms with van der Waals surface area (Å²) in [7, 11) is 0. The topological polar surface area (TPSA) is 98.2 Å². The molecule has 7 heteroatoms. The van der Waals surface area contributed by atoms with Gasteiger partial charge in [0.05, 0.1) is 4.92 Å². The standard InChI is InChI=1S/C13H21N5O2/c1-7-5-8(2)10(4)17(6-7)12-11(18(19)20)9(3)15-13(14)16-12/h7-8,10H,5-6H2,1-4H3,(H2,14,15,16). The maximum Gasteiger partial charge on any atom is 0.332 e. The van der Waals surface area contributed by atoms with Crippen LogP contribution in [0.1, 0.15) is 32.9 Å². The van der Waals surface area contributed by atoms with Crippen LogP contribution in [0.3, 0.4) is 0 Å². The summed E-state index contributed by atoms with van der Waals surface area (Å²) < 4.78 is 0. The molecule has 0 radical (unpaired) electrons. The number of anilines is 2. The summed E-state index contributed by atoms with van der Waals surface area (Å²) in [5, 5.41) is 11.3. The first-order valence-electron chi connectivity index (χ1n) is 6.86. The molecule has 1 aromatic heterocycles. The Morgan fingerprint density at radius 3 is 2.60 bits per heavy atom. The van der Waals surface area contributed by atoms with Crippen LogP contribution in [0.25, 0.3) is 0 Å². The van der Waals surface area contributed by atoms with Crippen LogP contribution < -0.4 is 10.6 Å². The number of aryl methyl sites for hydroxylation is 1. The Hall–Kier alpha value is -1.92. The molecule has 0 aliphatic carbocycles. The van der Waals surface area contributed by atoms with E-state index in [0.717, 1.165) is 13.0 Å². The smallest absolute Gasteiger partial charge is 0.332 e. The van der Waals surface area contributed by atoms with E-state index in [0.29, 0.717) is 23.3 Å². The molecule has 0 saturated carbocycles. The van der Waals surface area contributed by atoms with Gasteiger partial charge in [0.15, 0.2) is 0 Å². The summed E-state index contributed by atoms with van der Waals surface area (Å²) >= 11 is 0. The van der Waals surface area contributed by atoms with Crippen molar-refractivity contribution in [2.45, 2.75) is 40.2 Å². The molecule has 0 bridgehead atoms. The molecule has 2 rings (SSSR count). The van der Waals surface area contributed by atoms with Crippen LogP contribution in [-0.4, -0.2) is 27.5 Å². The van der Waals surface area contributed by atoms with Gasteiger partial charge in [0, 0.05) is 12.6 Å². The minimum absolute atomic E-state index is 0.0349. The Balaban J connectivity index is 2.53. The highest BCUT2D eigenvalue weighted by atomic mass is 16.6. The summed E-state index contributed by atoms with van der Waals surface area (Å²) in [6, 6.07) is 0.193. The Labute approximate surface area is 118 Å². The molecule has 0 spiro atoms. The van der Waals surface area contributed by atoms with E-state index in [9.17, 15) is 10.1 Å². The fraction of sp³-hybridized carbons (Fsp3) is 0.692. The molecular formula is C13H21N5O2. The number of hydrogen-bond donors (Lipinski definition) is 1. The Morgan fingerprint density at radius 1 is 1.35 bits per heavy atom. The number of aromatic nitrogens is 2. The van der Waals surface area contributed by atoms with Gasteiger partial charge in [-0.25, -0.2) is 4.98 Å². The van der Waals surface area contributed by atoms with E-state index in [1.165, 1.54) is 0 Å². The summed E-state index contributed by atoms with van der Waals surface area (Å²) in [4.78, 5) is 21.0. The predicted octanol–water partition coefficient (Wildman–Crippen LogP) is 2.15. The Kier molecular flexibility index (Phi) is 3.78. The molecule has 110 valence electrons. The normalized spacial score (nSPS) is 26.6. The quantitative estimate of drug-likeness (QED) is 0.658. The van der Waals surface area contributed by atoms with Crippen molar-refractivity contribution in [3.8, 4) is 0 Å². The van der Waals surface area contributed by atoms with Gasteiger partial charge in [0.2, 0.25) is 11.8 Å². The van der Waals surface area contributed by atoms with Crippen LogP contribution in [0, 0.1) is 28.9 Å². The lowest BCUT2D eigenvalue weighted by molar-refractivity contribution is -0.385. The number of nitrogen functional groups attached to an aromatic ring is 1. The summed E-state index contributed by atoms with van der Waals surface area (Å²) in [6.45, 7) is 8.74. The summed E-state index contributed by atoms with van der Waals surface area (Å²) in [5.41, 5.74) is 5.96. The lowest BCUT2D eigenvalue weighted by Gasteiger charge is -2.41. The first-order chi connectivity index (χ1) is 9.31. The van der Waals surface area contributed by atoms with Gasteiger partial charge in [0.25, 0.3) is 0 Å². The first-order valence-corrected chi connectivity index (χ1v) is 6.86. The molecule has 2 heterocycles. The van der Waals surface area contributed by atoms with Gasteiger partial charge in [0.1, 0.15) is 5.69 Å². The molecule has 1 aromatic rings. The molecule has 1 saturated heterocycles. The molecular weight excluding hydrogens is 258 g/mol. The van der Waals surface area contributed by atoms with Gasteiger partial charge in [-0.05, 0) is 32.1 Å². The van der Waals surface area contributed by atoms with Crippen LogP contribution in [0.2, 0.25) is 0 Å². The van der Waals surface area contributed by atoms with Crippen LogP contribution in [-0.2, 0) is 0 Å². The second-order valence-corrected chi connectivity index (χ2v) is 5.81. The molecule has 3 atom stereocenters. The van der Waals surface area contributed by atoms with E-state index in [1.807, 2.05) is 4.90 Å². The predicted molar refractivity (Wildman–Crippen MR) is 77.6 cm³/mol. The van der Waals surface area contributed by atoms with Gasteiger partial charge in [-0.15, -0.1) is 0 Å². The van der Waals surface area contributed by atoms with Crippen LogP contribution in [0.5, 0.6) is 0 Å². The Morgan fingerprint density at radius 2 is 2.00 bits per heavy atom. The molecule has 2 N–H and O–H groups in total. The van der Waals surface area contributed by atoms with Crippen molar-refractivity contribution in [3.63, 3.8) is 0 Å². The third-order valence-corrected chi connectivity index (χ3v) is 4.11. The van der Waals surface area contributed by atoms with Gasteiger partial charge in [-0.2, -0.15) is 4.98 Å². The first kappa shape index (κ1) is 14.5. The molecule has 20 heavy (non-hydrogen) atoms. The molecule has 1 aliphatic rings. The fourth-order valence-corrected chi connectivity index (χ4v) is 2.98. The molecule has 1 aliphatic heterocycles. The Bertz CT molecular complexity index is 534. The fourth-order valence-electron chi connectivity index (χ4n) is 2.98. The van der Waals surface area contributed by atoms with E-state index in [2.05, 4.69) is 30.7 Å². The number of nitrogens with two attached hydrogens (primary N) is 1. The largest absolute Gasteiger partial charge is 0.368 e. The second-order valence-electron chi connectivity index (χ2n) is 5.81. The van der Waals surface area contributed by atoms with Gasteiger partial charge < -0.3 is 10.6 Å². The molecule has 3 unspecified atom stereocenters. The van der Waals surface area contributed by atoms with Crippen molar-refractivity contribution in [1.82, 2.24) is 9.97 Å². The maximum absolute atomic E-state index is 11.3. The molecule has 1 fully saturated rings. The van der Waals surface area contributed by atoms with Crippen molar-refractivity contribution in [1.29, 1.82) is 0 Å². The second kappa shape index (κ2) is 5.22. The van der Waals surface area contributed by atoms with Crippen LogP contribution in [0.15, 0.2) is 0 Å². The van der Waals surface area contributed by atoms with E-state index >= 15 is 0 Å². The van der Waals surface area contributed by atoms with E-state index < -0.39 is 4.92 Å². The zero-order valence-corrected chi connectivity index (χ0v) is 12.3. The maximum atomic E-state index is 11.3. The average Bonchev–Trinajstić information content (AvgIpc) is 2.32. The van der Waals surface area contributed by atoms with Crippen molar-refractivity contribution in [2.24, 2.45) is 11.8 Å². The third-order valence-electron chi connectivity index (χ3n) is 4.11. The number of piperidine rings is 1. The lowest BCUT2D eigenvalue weighted by Crippen LogP contribution is -2.46. The molecule has 0 amide bonds. The highest BCUT2D eigenvalue weighted by Gasteiger charge is 2.35. The highest BCUT2D eigenvalue weighted by molar-refractivity contribution is 5.62. The van der Waals surface area contributed by atoms with Crippen molar-refractivity contribution in [3.05, 3.63) is 15.8 Å². The van der Waals surface area contributed by atoms with E-state index in [4.69, 9.17) is 5.73 Å². The van der Waals surface area contributed by atoms with E-state index in [-0.39, 0.29) is 17.7 Å². The van der Waals surface area contributed by atoms with Crippen LogP contribution >= 0.6 is 0 Å². The van der Waals surface area contributed by atoms with Gasteiger partial charge in [-0.3, -0.25) is 10.1 Å². The van der Waals surface area contributed by atoms with Gasteiger partial charge in [-0.1, -0.05) is 13.8 Å². The molecule has 0 aromatic carbocycles. The van der Waals surface area contributed by atoms with Crippen molar-refractivity contribution in [2.75, 3.05) is 17.2 Å². The lowest BCUT2D eigenvalue weighted by atomic mass is 9.86. The SMILES string of the molecule is Cc1nc(N)nc(N2CC(C)CC(C)C2C)c1[N+](=O)[O-]. The third kappa shape index (κ3) is 2.52. The minimum Gasteiger partial charge on any atom is -0.368 e. The van der Waals surface area contributed by atoms with Gasteiger partial charge >= 0.3 is 5.69 Å². The average molecular weight is 279 g/mol. The zero-order valence-electron chi connectivity index (χ0n) is 12.3. The number of rotatable bonds is 2. The monoisotopic (exact) mass is 279 g/mol. The number of nitro groups is 1. The molecule has 7 nitrogen and oxygen atoms in total. The number of nitrogens with zero attached hydrogens (tertiary/aromatic N) is 4. The van der Waals surface area contributed by atoms with Crippen LogP contribution in [0.4, 0.5) is 17.5 Å². The number of hydrogen-bond acceptors (Lipinski definition) is 6. The van der Waals surface area contributed by atoms with Crippen molar-refractivity contribution >= 4 is 17.5 Å². The van der Waals surface area contributed by atoms with E-state index in [1.54, 1.807) is 6.92 Å². The summed E-state index contributed by atoms with van der Waals surface area (Å²) in [6.07, 6.45) is 1.12. The summed E-state index contributed by atoms with van der Waals surface area (Å²) in [5.74, 6) is 1.36. The minimum atomic E-state index is -0.416. The zero-order chi connectivity index (χ0) is 15.0. The highest BCUT2D eigenvalue weighted by Crippen LogP contribution is 2.36.